The number of hydrogen-bond donors (Lipinski definition) is 2. The molecule has 72 valence electrons. The second-order valence-corrected chi connectivity index (χ2v) is 3.30. The smallest absolute Gasteiger partial charge is 0.221 e. The molecule has 0 radical (unpaired) electrons. The quantitative estimate of drug-likeness (QED) is 0.647. The van der Waals surface area contributed by atoms with Crippen molar-refractivity contribution >= 4 is 5.91 Å². The summed E-state index contributed by atoms with van der Waals surface area (Å²) in [6, 6.07) is 0.754. The maximum absolute atomic E-state index is 11.0. The average Bonchev–Trinajstić information content (AvgIpc) is 2.02. The molecular weight excluding hydrogens is 152 g/mol. The van der Waals surface area contributed by atoms with Crippen molar-refractivity contribution in [3.05, 3.63) is 0 Å². The van der Waals surface area contributed by atoms with Crippen molar-refractivity contribution in [2.24, 2.45) is 0 Å². The van der Waals surface area contributed by atoms with E-state index in [9.17, 15) is 4.79 Å². The minimum Gasteiger partial charge on any atom is -0.359 e. The second kappa shape index (κ2) is 6.00. The molecular formula is C9H20N2O. The van der Waals surface area contributed by atoms with Crippen LogP contribution < -0.4 is 10.6 Å². The first-order valence-corrected chi connectivity index (χ1v) is 4.56. The van der Waals surface area contributed by atoms with E-state index in [1.807, 2.05) is 0 Å². The molecule has 0 aromatic carbocycles. The van der Waals surface area contributed by atoms with Gasteiger partial charge in [-0.05, 0) is 6.42 Å². The minimum absolute atomic E-state index is 0.106. The van der Waals surface area contributed by atoms with E-state index in [4.69, 9.17) is 0 Å². The lowest BCUT2D eigenvalue weighted by Gasteiger charge is -2.18. The van der Waals surface area contributed by atoms with Gasteiger partial charge in [-0.25, -0.2) is 0 Å². The van der Waals surface area contributed by atoms with Crippen LogP contribution in [0.3, 0.4) is 0 Å². The Kier molecular flexibility index (Phi) is 5.72. The lowest BCUT2D eigenvalue weighted by molar-refractivity contribution is -0.121. The molecule has 0 heterocycles. The molecule has 0 aromatic heterocycles. The highest BCUT2D eigenvalue weighted by Gasteiger charge is 2.10. The van der Waals surface area contributed by atoms with Crippen LogP contribution in [0.25, 0.3) is 0 Å². The van der Waals surface area contributed by atoms with E-state index in [1.54, 1.807) is 7.05 Å². The van der Waals surface area contributed by atoms with E-state index >= 15 is 0 Å². The van der Waals surface area contributed by atoms with Crippen LogP contribution in [0.4, 0.5) is 0 Å². The van der Waals surface area contributed by atoms with Gasteiger partial charge in [0.25, 0.3) is 0 Å². The molecule has 0 saturated carbocycles. The maximum atomic E-state index is 11.0. The molecule has 12 heavy (non-hydrogen) atoms. The maximum Gasteiger partial charge on any atom is 0.221 e. The van der Waals surface area contributed by atoms with Gasteiger partial charge >= 0.3 is 0 Å². The predicted molar refractivity (Wildman–Crippen MR) is 51.0 cm³/mol. The largest absolute Gasteiger partial charge is 0.359 e. The number of carbonyl (C=O) groups excluding carboxylic acids is 1. The molecule has 0 aliphatic heterocycles. The zero-order chi connectivity index (χ0) is 9.56. The van der Waals surface area contributed by atoms with E-state index in [-0.39, 0.29) is 5.91 Å². The third-order valence-corrected chi connectivity index (χ3v) is 1.77. The molecule has 1 unspecified atom stereocenters. The Morgan fingerprint density at radius 3 is 2.33 bits per heavy atom. The summed E-state index contributed by atoms with van der Waals surface area (Å²) in [5, 5.41) is 5.96. The zero-order valence-electron chi connectivity index (χ0n) is 8.48. The van der Waals surface area contributed by atoms with Crippen LogP contribution in [-0.2, 0) is 4.79 Å². The Bertz CT molecular complexity index is 134. The number of rotatable bonds is 5. The number of amides is 1. The molecule has 0 bridgehead atoms. The van der Waals surface area contributed by atoms with Crippen molar-refractivity contribution in [2.75, 3.05) is 7.05 Å². The summed E-state index contributed by atoms with van der Waals surface area (Å²) < 4.78 is 0. The van der Waals surface area contributed by atoms with Gasteiger partial charge in [0.05, 0.1) is 0 Å². The van der Waals surface area contributed by atoms with Crippen molar-refractivity contribution in [1.82, 2.24) is 10.6 Å². The van der Waals surface area contributed by atoms with Gasteiger partial charge in [-0.3, -0.25) is 4.79 Å². The molecule has 0 aliphatic carbocycles. The molecule has 1 atom stereocenters. The first-order chi connectivity index (χ1) is 5.60. The molecule has 0 aromatic rings. The fraction of sp³-hybridized carbons (Fsp3) is 0.889. The minimum atomic E-state index is 0.106. The van der Waals surface area contributed by atoms with Crippen LogP contribution in [0.1, 0.15) is 33.6 Å². The SMILES string of the molecule is CCC(CC(=O)NC)NC(C)C. The monoisotopic (exact) mass is 172 g/mol. The van der Waals surface area contributed by atoms with Crippen LogP contribution in [0, 0.1) is 0 Å². The van der Waals surface area contributed by atoms with Crippen molar-refractivity contribution < 1.29 is 4.79 Å². The van der Waals surface area contributed by atoms with E-state index in [1.165, 1.54) is 0 Å². The topological polar surface area (TPSA) is 41.1 Å². The summed E-state index contributed by atoms with van der Waals surface area (Å²) in [6.07, 6.45) is 1.57. The van der Waals surface area contributed by atoms with Crippen molar-refractivity contribution in [3.63, 3.8) is 0 Å². The summed E-state index contributed by atoms with van der Waals surface area (Å²) in [5.74, 6) is 0.106. The molecule has 3 nitrogen and oxygen atoms in total. The molecule has 0 saturated heterocycles. The Morgan fingerprint density at radius 1 is 1.42 bits per heavy atom. The van der Waals surface area contributed by atoms with Crippen LogP contribution in [-0.4, -0.2) is 25.0 Å². The molecule has 0 fully saturated rings. The normalized spacial score (nSPS) is 13.1. The van der Waals surface area contributed by atoms with Crippen molar-refractivity contribution in [3.8, 4) is 0 Å². The summed E-state index contributed by atoms with van der Waals surface area (Å²) in [4.78, 5) is 11.0. The van der Waals surface area contributed by atoms with Gasteiger partial charge in [0, 0.05) is 25.6 Å². The molecule has 0 rings (SSSR count). The van der Waals surface area contributed by atoms with Gasteiger partial charge in [-0.2, -0.15) is 0 Å². The van der Waals surface area contributed by atoms with Crippen LogP contribution >= 0.6 is 0 Å². The van der Waals surface area contributed by atoms with Gasteiger partial charge in [0.15, 0.2) is 0 Å². The van der Waals surface area contributed by atoms with Gasteiger partial charge in [0.2, 0.25) is 5.91 Å². The standard InChI is InChI=1S/C9H20N2O/c1-5-8(11-7(2)3)6-9(12)10-4/h7-8,11H,5-6H2,1-4H3,(H,10,12). The number of carbonyl (C=O) groups is 1. The number of nitrogens with one attached hydrogen (secondary N) is 2. The fourth-order valence-electron chi connectivity index (χ4n) is 1.12. The Hall–Kier alpha value is -0.570. The summed E-state index contributed by atoms with van der Waals surface area (Å²) in [7, 11) is 1.67. The molecule has 0 spiro atoms. The third kappa shape index (κ3) is 5.13. The van der Waals surface area contributed by atoms with E-state index in [2.05, 4.69) is 31.4 Å². The van der Waals surface area contributed by atoms with Crippen LogP contribution in [0.15, 0.2) is 0 Å². The number of hydrogen-bond acceptors (Lipinski definition) is 2. The van der Waals surface area contributed by atoms with Gasteiger partial charge < -0.3 is 10.6 Å². The molecule has 1 amide bonds. The van der Waals surface area contributed by atoms with E-state index in [0.29, 0.717) is 18.5 Å². The predicted octanol–water partition coefficient (Wildman–Crippen LogP) is 0.899. The highest BCUT2D eigenvalue weighted by Crippen LogP contribution is 1.98. The Balaban J connectivity index is 3.74. The lowest BCUT2D eigenvalue weighted by Crippen LogP contribution is -2.38. The first-order valence-electron chi connectivity index (χ1n) is 4.56. The van der Waals surface area contributed by atoms with Crippen molar-refractivity contribution in [2.45, 2.75) is 45.7 Å². The fourth-order valence-corrected chi connectivity index (χ4v) is 1.12. The first kappa shape index (κ1) is 11.4. The van der Waals surface area contributed by atoms with Gasteiger partial charge in [-0.1, -0.05) is 20.8 Å². The van der Waals surface area contributed by atoms with Gasteiger partial charge in [0.1, 0.15) is 0 Å². The molecule has 2 N–H and O–H groups in total. The summed E-state index contributed by atoms with van der Waals surface area (Å²) >= 11 is 0. The Labute approximate surface area is 74.9 Å². The second-order valence-electron chi connectivity index (χ2n) is 3.30. The third-order valence-electron chi connectivity index (χ3n) is 1.77. The lowest BCUT2D eigenvalue weighted by atomic mass is 10.1. The van der Waals surface area contributed by atoms with E-state index < -0.39 is 0 Å². The average molecular weight is 172 g/mol. The van der Waals surface area contributed by atoms with Crippen molar-refractivity contribution in [1.29, 1.82) is 0 Å². The summed E-state index contributed by atoms with van der Waals surface area (Å²) in [6.45, 7) is 6.27. The highest BCUT2D eigenvalue weighted by molar-refractivity contribution is 5.76. The molecule has 0 aliphatic rings. The van der Waals surface area contributed by atoms with Crippen LogP contribution in [0.5, 0.6) is 0 Å². The summed E-state index contributed by atoms with van der Waals surface area (Å²) in [5.41, 5.74) is 0. The Morgan fingerprint density at radius 2 is 2.00 bits per heavy atom. The van der Waals surface area contributed by atoms with E-state index in [0.717, 1.165) is 6.42 Å². The van der Waals surface area contributed by atoms with Gasteiger partial charge in [-0.15, -0.1) is 0 Å². The zero-order valence-corrected chi connectivity index (χ0v) is 8.48. The highest BCUT2D eigenvalue weighted by atomic mass is 16.1. The van der Waals surface area contributed by atoms with Crippen LogP contribution in [0.2, 0.25) is 0 Å². The molecule has 3 heteroatoms.